The maximum absolute atomic E-state index is 12.8. The predicted octanol–water partition coefficient (Wildman–Crippen LogP) is 3.11. The standard InChI is InChI=1S/C18H20ClNO4S2/c19-16-10-8-15(9-11-16)13-26(23,24)20-12-4-5-17(20)14-25(21,22)18-6-2-1-3-7-18/h1-3,6-11,17H,4-5,12-14H2. The van der Waals surface area contributed by atoms with Crippen LogP contribution in [0.25, 0.3) is 0 Å². The summed E-state index contributed by atoms with van der Waals surface area (Å²) in [7, 11) is -7.14. The van der Waals surface area contributed by atoms with Gasteiger partial charge in [0.25, 0.3) is 0 Å². The van der Waals surface area contributed by atoms with Crippen molar-refractivity contribution in [2.45, 2.75) is 29.5 Å². The number of rotatable bonds is 6. The van der Waals surface area contributed by atoms with Gasteiger partial charge in [-0.25, -0.2) is 16.8 Å². The third-order valence-corrected chi connectivity index (χ3v) is 8.42. The maximum Gasteiger partial charge on any atom is 0.218 e. The Morgan fingerprint density at radius 2 is 1.62 bits per heavy atom. The number of halogens is 1. The van der Waals surface area contributed by atoms with Crippen molar-refractivity contribution in [3.05, 3.63) is 65.2 Å². The van der Waals surface area contributed by atoms with E-state index in [-0.39, 0.29) is 16.4 Å². The fourth-order valence-electron chi connectivity index (χ4n) is 3.19. The second-order valence-corrected chi connectivity index (χ2v) is 10.8. The molecule has 0 radical (unpaired) electrons. The summed E-state index contributed by atoms with van der Waals surface area (Å²) in [6.07, 6.45) is 1.21. The van der Waals surface area contributed by atoms with Crippen LogP contribution < -0.4 is 0 Å². The summed E-state index contributed by atoms with van der Waals surface area (Å²) in [5.41, 5.74) is 0.631. The minimum atomic E-state index is -3.60. The summed E-state index contributed by atoms with van der Waals surface area (Å²) in [4.78, 5) is 0.224. The average Bonchev–Trinajstić information content (AvgIpc) is 3.06. The van der Waals surface area contributed by atoms with E-state index in [1.165, 1.54) is 16.4 Å². The Labute approximate surface area is 159 Å². The predicted molar refractivity (Wildman–Crippen MR) is 102 cm³/mol. The molecule has 1 heterocycles. The normalized spacial score (nSPS) is 18.9. The molecule has 1 aliphatic rings. The van der Waals surface area contributed by atoms with E-state index < -0.39 is 25.9 Å². The van der Waals surface area contributed by atoms with Crippen LogP contribution in [0.15, 0.2) is 59.5 Å². The topological polar surface area (TPSA) is 71.5 Å². The molecule has 0 aromatic heterocycles. The first-order valence-corrected chi connectivity index (χ1v) is 11.9. The van der Waals surface area contributed by atoms with Crippen LogP contribution in [-0.2, 0) is 25.6 Å². The molecule has 8 heteroatoms. The van der Waals surface area contributed by atoms with Crippen LogP contribution >= 0.6 is 11.6 Å². The van der Waals surface area contributed by atoms with E-state index in [4.69, 9.17) is 11.6 Å². The van der Waals surface area contributed by atoms with Crippen LogP contribution in [0.2, 0.25) is 5.02 Å². The number of hydrogen-bond donors (Lipinski definition) is 0. The number of benzene rings is 2. The van der Waals surface area contributed by atoms with Gasteiger partial charge in [-0.05, 0) is 42.7 Å². The Kier molecular flexibility index (Phi) is 5.72. The van der Waals surface area contributed by atoms with E-state index in [1.54, 1.807) is 42.5 Å². The molecule has 1 aliphatic heterocycles. The number of nitrogens with zero attached hydrogens (tertiary/aromatic N) is 1. The summed E-state index contributed by atoms with van der Waals surface area (Å²) in [5, 5.41) is 0.541. The smallest absolute Gasteiger partial charge is 0.218 e. The minimum Gasteiger partial charge on any atom is -0.224 e. The van der Waals surface area contributed by atoms with Crippen LogP contribution in [-0.4, -0.2) is 39.5 Å². The van der Waals surface area contributed by atoms with Gasteiger partial charge in [-0.2, -0.15) is 4.31 Å². The second-order valence-electron chi connectivity index (χ2n) is 6.38. The molecule has 140 valence electrons. The van der Waals surface area contributed by atoms with Gasteiger partial charge in [0.05, 0.1) is 16.4 Å². The Bertz CT molecular complexity index is 958. The van der Waals surface area contributed by atoms with Crippen molar-refractivity contribution in [3.63, 3.8) is 0 Å². The van der Waals surface area contributed by atoms with E-state index in [2.05, 4.69) is 0 Å². The van der Waals surface area contributed by atoms with E-state index >= 15 is 0 Å². The van der Waals surface area contributed by atoms with Crippen molar-refractivity contribution in [1.82, 2.24) is 4.31 Å². The molecule has 0 aliphatic carbocycles. The molecular formula is C18H20ClNO4S2. The zero-order chi connectivity index (χ0) is 18.8. The lowest BCUT2D eigenvalue weighted by atomic mass is 10.2. The van der Waals surface area contributed by atoms with Crippen molar-refractivity contribution < 1.29 is 16.8 Å². The van der Waals surface area contributed by atoms with E-state index in [9.17, 15) is 16.8 Å². The zero-order valence-electron chi connectivity index (χ0n) is 14.1. The monoisotopic (exact) mass is 413 g/mol. The van der Waals surface area contributed by atoms with Gasteiger partial charge in [-0.3, -0.25) is 0 Å². The molecule has 1 atom stereocenters. The van der Waals surface area contributed by atoms with Crippen molar-refractivity contribution in [2.24, 2.45) is 0 Å². The van der Waals surface area contributed by atoms with Gasteiger partial charge in [0.15, 0.2) is 9.84 Å². The molecule has 0 saturated carbocycles. The van der Waals surface area contributed by atoms with Gasteiger partial charge in [0.2, 0.25) is 10.0 Å². The second kappa shape index (κ2) is 7.68. The Morgan fingerprint density at radius 3 is 2.27 bits per heavy atom. The van der Waals surface area contributed by atoms with Gasteiger partial charge in [-0.15, -0.1) is 0 Å². The molecule has 2 aromatic carbocycles. The molecule has 5 nitrogen and oxygen atoms in total. The fraction of sp³-hybridized carbons (Fsp3) is 0.333. The molecule has 0 N–H and O–H groups in total. The highest BCUT2D eigenvalue weighted by Crippen LogP contribution is 2.26. The van der Waals surface area contributed by atoms with Crippen LogP contribution in [0.3, 0.4) is 0 Å². The lowest BCUT2D eigenvalue weighted by molar-refractivity contribution is 0.407. The highest BCUT2D eigenvalue weighted by atomic mass is 35.5. The summed E-state index contributed by atoms with van der Waals surface area (Å²) in [6, 6.07) is 14.3. The first-order valence-electron chi connectivity index (χ1n) is 8.30. The Morgan fingerprint density at radius 1 is 0.962 bits per heavy atom. The molecule has 26 heavy (non-hydrogen) atoms. The quantitative estimate of drug-likeness (QED) is 0.729. The molecular weight excluding hydrogens is 394 g/mol. The maximum atomic E-state index is 12.8. The van der Waals surface area contributed by atoms with Gasteiger partial charge >= 0.3 is 0 Å². The molecule has 1 fully saturated rings. The van der Waals surface area contributed by atoms with Gasteiger partial charge in [0, 0.05) is 17.6 Å². The largest absolute Gasteiger partial charge is 0.224 e. The minimum absolute atomic E-state index is 0.161. The highest BCUT2D eigenvalue weighted by Gasteiger charge is 2.37. The molecule has 0 bridgehead atoms. The zero-order valence-corrected chi connectivity index (χ0v) is 16.5. The summed E-state index contributed by atoms with van der Waals surface area (Å²) < 4.78 is 52.2. The van der Waals surface area contributed by atoms with Crippen molar-refractivity contribution in [3.8, 4) is 0 Å². The molecule has 3 rings (SSSR count). The molecule has 1 unspecified atom stereocenters. The average molecular weight is 414 g/mol. The Balaban J connectivity index is 1.78. The Hall–Kier alpha value is -1.41. The highest BCUT2D eigenvalue weighted by molar-refractivity contribution is 7.91. The number of hydrogen-bond acceptors (Lipinski definition) is 4. The van der Waals surface area contributed by atoms with Crippen molar-refractivity contribution in [1.29, 1.82) is 0 Å². The van der Waals surface area contributed by atoms with Gasteiger partial charge in [-0.1, -0.05) is 41.9 Å². The summed E-state index contributed by atoms with van der Waals surface area (Å²) >= 11 is 5.84. The van der Waals surface area contributed by atoms with Crippen LogP contribution in [0.4, 0.5) is 0 Å². The van der Waals surface area contributed by atoms with Crippen molar-refractivity contribution in [2.75, 3.05) is 12.3 Å². The molecule has 0 spiro atoms. The van der Waals surface area contributed by atoms with Crippen molar-refractivity contribution >= 4 is 31.5 Å². The van der Waals surface area contributed by atoms with E-state index in [1.807, 2.05) is 0 Å². The lowest BCUT2D eigenvalue weighted by Crippen LogP contribution is -2.40. The first-order chi connectivity index (χ1) is 12.3. The third kappa shape index (κ3) is 4.46. The van der Waals surface area contributed by atoms with E-state index in [0.717, 1.165) is 0 Å². The number of sulfonamides is 1. The summed E-state index contributed by atoms with van der Waals surface area (Å²) in [5.74, 6) is -0.358. The first kappa shape index (κ1) is 19.4. The number of sulfone groups is 1. The molecule has 0 amide bonds. The van der Waals surface area contributed by atoms with Gasteiger partial charge < -0.3 is 0 Å². The lowest BCUT2D eigenvalue weighted by Gasteiger charge is -2.24. The van der Waals surface area contributed by atoms with Gasteiger partial charge in [0.1, 0.15) is 0 Å². The van der Waals surface area contributed by atoms with Crippen LogP contribution in [0.5, 0.6) is 0 Å². The SMILES string of the molecule is O=S(=O)(CC1CCCN1S(=O)(=O)Cc1ccc(Cl)cc1)c1ccccc1. The third-order valence-electron chi connectivity index (χ3n) is 4.46. The molecule has 1 saturated heterocycles. The molecule has 2 aromatic rings. The van der Waals surface area contributed by atoms with Crippen LogP contribution in [0, 0.1) is 0 Å². The fourth-order valence-corrected chi connectivity index (χ4v) is 6.85. The van der Waals surface area contributed by atoms with Crippen LogP contribution in [0.1, 0.15) is 18.4 Å². The summed E-state index contributed by atoms with van der Waals surface area (Å²) in [6.45, 7) is 0.352. The van der Waals surface area contributed by atoms with E-state index in [0.29, 0.717) is 30.0 Å².